The fourth-order valence-electron chi connectivity index (χ4n) is 2.50. The van der Waals surface area contributed by atoms with E-state index in [1.54, 1.807) is 0 Å². The van der Waals surface area contributed by atoms with E-state index in [0.29, 0.717) is 6.61 Å². The third-order valence-electron chi connectivity index (χ3n) is 3.97. The first-order valence-corrected chi connectivity index (χ1v) is 8.07. The van der Waals surface area contributed by atoms with E-state index < -0.39 is 0 Å². The van der Waals surface area contributed by atoms with Crippen LogP contribution in [-0.4, -0.2) is 18.1 Å². The minimum atomic E-state index is 0.649. The monoisotopic (exact) mass is 284 g/mol. The van der Waals surface area contributed by atoms with Crippen molar-refractivity contribution in [3.05, 3.63) is 35.9 Å². The van der Waals surface area contributed by atoms with Gasteiger partial charge in [0.15, 0.2) is 0 Å². The summed E-state index contributed by atoms with van der Waals surface area (Å²) >= 11 is 0. The molecule has 1 aliphatic rings. The molecule has 1 aromatic carbocycles. The highest BCUT2D eigenvalue weighted by atomic mass is 16.5. The Balaban J connectivity index is 1.72. The van der Waals surface area contributed by atoms with E-state index in [-0.39, 0.29) is 0 Å². The van der Waals surface area contributed by atoms with Crippen molar-refractivity contribution in [1.82, 2.24) is 4.98 Å². The van der Waals surface area contributed by atoms with Gasteiger partial charge in [-0.25, -0.2) is 4.98 Å². The van der Waals surface area contributed by atoms with E-state index in [2.05, 4.69) is 36.5 Å². The molecule has 3 rings (SSSR count). The summed E-state index contributed by atoms with van der Waals surface area (Å²) < 4.78 is 5.86. The van der Waals surface area contributed by atoms with Gasteiger partial charge in [-0.3, -0.25) is 0 Å². The molecule has 0 spiro atoms. The molecule has 1 fully saturated rings. The Hall–Kier alpha value is -1.61. The van der Waals surface area contributed by atoms with Crippen molar-refractivity contribution >= 4 is 16.7 Å². The van der Waals surface area contributed by atoms with Crippen LogP contribution in [0.4, 0.5) is 5.82 Å². The number of rotatable bonds is 8. The number of nitrogens with one attached hydrogen (secondary N) is 1. The van der Waals surface area contributed by atoms with E-state index in [9.17, 15) is 0 Å². The molecule has 1 aliphatic carbocycles. The lowest BCUT2D eigenvalue weighted by molar-refractivity contribution is 0.115. The number of pyridine rings is 1. The van der Waals surface area contributed by atoms with Gasteiger partial charge in [0, 0.05) is 24.1 Å². The van der Waals surface area contributed by atoms with Crippen LogP contribution in [0.1, 0.15) is 38.2 Å². The minimum Gasteiger partial charge on any atom is -0.377 e. The van der Waals surface area contributed by atoms with Crippen LogP contribution < -0.4 is 5.32 Å². The van der Waals surface area contributed by atoms with Crippen LogP contribution in [0.2, 0.25) is 0 Å². The normalized spacial score (nSPS) is 14.5. The van der Waals surface area contributed by atoms with Gasteiger partial charge >= 0.3 is 0 Å². The molecule has 0 aliphatic heterocycles. The lowest BCUT2D eigenvalue weighted by Gasteiger charge is -2.12. The first-order chi connectivity index (χ1) is 10.4. The number of aromatic nitrogens is 1. The number of para-hydroxylation sites is 1. The van der Waals surface area contributed by atoms with Crippen molar-refractivity contribution in [2.75, 3.05) is 18.5 Å². The second-order valence-electron chi connectivity index (χ2n) is 5.90. The van der Waals surface area contributed by atoms with Gasteiger partial charge in [-0.15, -0.1) is 0 Å². The standard InChI is InChI=1S/C18H24N2O/c1-2-10-19-18-16(13-21-11-9-14-7-8-14)12-15-5-3-4-6-17(15)20-18/h3-6,12,14H,2,7-11,13H2,1H3,(H,19,20). The van der Waals surface area contributed by atoms with E-state index in [1.807, 2.05) is 6.07 Å². The highest BCUT2D eigenvalue weighted by Gasteiger charge is 2.20. The smallest absolute Gasteiger partial charge is 0.132 e. The zero-order valence-electron chi connectivity index (χ0n) is 12.8. The van der Waals surface area contributed by atoms with Crippen LogP contribution in [0.5, 0.6) is 0 Å². The molecule has 1 aromatic heterocycles. The van der Waals surface area contributed by atoms with Crippen LogP contribution in [0.25, 0.3) is 10.9 Å². The first-order valence-electron chi connectivity index (χ1n) is 8.07. The summed E-state index contributed by atoms with van der Waals surface area (Å²) in [7, 11) is 0. The fourth-order valence-corrected chi connectivity index (χ4v) is 2.50. The zero-order chi connectivity index (χ0) is 14.5. The molecule has 0 atom stereocenters. The van der Waals surface area contributed by atoms with Gasteiger partial charge in [-0.1, -0.05) is 38.0 Å². The summed E-state index contributed by atoms with van der Waals surface area (Å²) in [5.74, 6) is 1.90. The highest BCUT2D eigenvalue weighted by Crippen LogP contribution is 2.32. The summed E-state index contributed by atoms with van der Waals surface area (Å²) in [5, 5.41) is 4.61. The largest absolute Gasteiger partial charge is 0.377 e. The number of benzene rings is 1. The average molecular weight is 284 g/mol. The van der Waals surface area contributed by atoms with Gasteiger partial charge in [0.1, 0.15) is 5.82 Å². The molecule has 3 nitrogen and oxygen atoms in total. The summed E-state index contributed by atoms with van der Waals surface area (Å²) in [6.45, 7) is 4.63. The third-order valence-corrected chi connectivity index (χ3v) is 3.97. The molecule has 0 saturated heterocycles. The number of anilines is 1. The molecule has 21 heavy (non-hydrogen) atoms. The molecule has 0 unspecified atom stereocenters. The molecule has 1 saturated carbocycles. The quantitative estimate of drug-likeness (QED) is 0.731. The van der Waals surface area contributed by atoms with Crippen molar-refractivity contribution in [3.8, 4) is 0 Å². The third kappa shape index (κ3) is 3.94. The maximum atomic E-state index is 5.86. The van der Waals surface area contributed by atoms with Crippen molar-refractivity contribution in [2.24, 2.45) is 5.92 Å². The van der Waals surface area contributed by atoms with Crippen molar-refractivity contribution in [1.29, 1.82) is 0 Å². The van der Waals surface area contributed by atoms with Crippen molar-refractivity contribution < 1.29 is 4.74 Å². The Bertz CT molecular complexity index is 593. The predicted octanol–water partition coefficient (Wildman–Crippen LogP) is 4.37. The SMILES string of the molecule is CCCNc1nc2ccccc2cc1COCCC1CC1. The highest BCUT2D eigenvalue weighted by molar-refractivity contribution is 5.81. The van der Waals surface area contributed by atoms with Gasteiger partial charge in [-0.05, 0) is 30.9 Å². The molecule has 3 heteroatoms. The predicted molar refractivity (Wildman–Crippen MR) is 87.5 cm³/mol. The Morgan fingerprint density at radius 1 is 1.29 bits per heavy atom. The van der Waals surface area contributed by atoms with Crippen LogP contribution in [0, 0.1) is 5.92 Å². The van der Waals surface area contributed by atoms with Crippen molar-refractivity contribution in [3.63, 3.8) is 0 Å². The van der Waals surface area contributed by atoms with E-state index in [1.165, 1.54) is 24.6 Å². The van der Waals surface area contributed by atoms with Crippen LogP contribution in [0.15, 0.2) is 30.3 Å². The molecular weight excluding hydrogens is 260 g/mol. The molecule has 0 bridgehead atoms. The second kappa shape index (κ2) is 6.90. The minimum absolute atomic E-state index is 0.649. The first kappa shape index (κ1) is 14.3. The van der Waals surface area contributed by atoms with E-state index in [0.717, 1.165) is 42.4 Å². The summed E-state index contributed by atoms with van der Waals surface area (Å²) in [6, 6.07) is 10.5. The van der Waals surface area contributed by atoms with E-state index >= 15 is 0 Å². The second-order valence-corrected chi connectivity index (χ2v) is 5.90. The van der Waals surface area contributed by atoms with Gasteiger partial charge in [0.25, 0.3) is 0 Å². The van der Waals surface area contributed by atoms with Crippen molar-refractivity contribution in [2.45, 2.75) is 39.2 Å². The van der Waals surface area contributed by atoms with Gasteiger partial charge in [-0.2, -0.15) is 0 Å². The van der Waals surface area contributed by atoms with Crippen LogP contribution in [0.3, 0.4) is 0 Å². The maximum absolute atomic E-state index is 5.86. The van der Waals surface area contributed by atoms with E-state index in [4.69, 9.17) is 9.72 Å². The van der Waals surface area contributed by atoms with Crippen LogP contribution in [-0.2, 0) is 11.3 Å². The molecule has 1 heterocycles. The molecular formula is C18H24N2O. The number of hydrogen-bond donors (Lipinski definition) is 1. The molecule has 0 amide bonds. The lowest BCUT2D eigenvalue weighted by Crippen LogP contribution is -2.07. The number of ether oxygens (including phenoxy) is 1. The number of nitrogens with zero attached hydrogens (tertiary/aromatic N) is 1. The van der Waals surface area contributed by atoms with Gasteiger partial charge in [0.05, 0.1) is 12.1 Å². The number of fused-ring (bicyclic) bond motifs is 1. The Morgan fingerprint density at radius 2 is 2.14 bits per heavy atom. The topological polar surface area (TPSA) is 34.2 Å². The average Bonchev–Trinajstić information content (AvgIpc) is 3.33. The Kier molecular flexibility index (Phi) is 4.71. The number of hydrogen-bond acceptors (Lipinski definition) is 3. The van der Waals surface area contributed by atoms with Gasteiger partial charge in [0.2, 0.25) is 0 Å². The molecule has 0 radical (unpaired) electrons. The zero-order valence-corrected chi connectivity index (χ0v) is 12.8. The molecule has 2 aromatic rings. The maximum Gasteiger partial charge on any atom is 0.132 e. The summed E-state index contributed by atoms with van der Waals surface area (Å²) in [4.78, 5) is 4.75. The molecule has 112 valence electrons. The summed E-state index contributed by atoms with van der Waals surface area (Å²) in [5.41, 5.74) is 2.20. The van der Waals surface area contributed by atoms with Crippen LogP contribution >= 0.6 is 0 Å². The lowest BCUT2D eigenvalue weighted by atomic mass is 10.1. The summed E-state index contributed by atoms with van der Waals surface area (Å²) in [6.07, 6.45) is 5.09. The molecule has 1 N–H and O–H groups in total. The Morgan fingerprint density at radius 3 is 2.95 bits per heavy atom. The van der Waals surface area contributed by atoms with Gasteiger partial charge < -0.3 is 10.1 Å². The Labute approximate surface area is 126 Å². The fraction of sp³-hybridized carbons (Fsp3) is 0.500.